The summed E-state index contributed by atoms with van der Waals surface area (Å²) < 4.78 is 0. The molecule has 0 aliphatic carbocycles. The molecule has 1 amide bonds. The zero-order valence-electron chi connectivity index (χ0n) is 16.6. The minimum absolute atomic E-state index is 0.175. The lowest BCUT2D eigenvalue weighted by molar-refractivity contribution is -0.387. The van der Waals surface area contributed by atoms with Crippen molar-refractivity contribution in [2.24, 2.45) is 0 Å². The fourth-order valence-electron chi connectivity index (χ4n) is 2.64. The van der Waals surface area contributed by atoms with E-state index >= 15 is 0 Å². The molecule has 0 aliphatic rings. The molecule has 1 N–H and O–H groups in total. The van der Waals surface area contributed by atoms with Crippen molar-refractivity contribution in [2.45, 2.75) is 23.9 Å². The highest BCUT2D eigenvalue weighted by Crippen LogP contribution is 2.34. The van der Waals surface area contributed by atoms with E-state index in [1.165, 1.54) is 18.3 Å². The number of rotatable bonds is 6. The lowest BCUT2D eigenvalue weighted by Crippen LogP contribution is -2.13. The molecule has 3 aromatic rings. The number of carbonyl (C=O) groups excluding carboxylic acids is 1. The predicted molar refractivity (Wildman–Crippen MR) is 115 cm³/mol. The van der Waals surface area contributed by atoms with Crippen LogP contribution in [0.1, 0.15) is 17.0 Å². The van der Waals surface area contributed by atoms with Gasteiger partial charge in [-0.3, -0.25) is 19.9 Å². The molecule has 31 heavy (non-hydrogen) atoms. The number of aryl methyl sites for hydroxylation is 2. The number of benzene rings is 1. The van der Waals surface area contributed by atoms with Crippen LogP contribution in [0.4, 0.5) is 11.4 Å². The van der Waals surface area contributed by atoms with Gasteiger partial charge in [0, 0.05) is 23.7 Å². The highest BCUT2D eigenvalue weighted by molar-refractivity contribution is 7.99. The molecular weight excluding hydrogens is 416 g/mol. The SMILES string of the molecule is Cc1cc(C)nc(Sc2ccc(/C=C(\C#N)C(=O)Nc3cccnc3)cc2[N+](=O)[O-])n1. The molecular formula is C21H16N6O3S. The highest BCUT2D eigenvalue weighted by atomic mass is 32.2. The van der Waals surface area contributed by atoms with Crippen molar-refractivity contribution >= 4 is 35.1 Å². The second kappa shape index (κ2) is 9.60. The van der Waals surface area contributed by atoms with Gasteiger partial charge >= 0.3 is 0 Å². The minimum atomic E-state index is -0.639. The quantitative estimate of drug-likeness (QED) is 0.202. The molecule has 0 atom stereocenters. The maximum absolute atomic E-state index is 12.4. The molecule has 0 saturated carbocycles. The number of hydrogen-bond donors (Lipinski definition) is 1. The molecule has 0 unspecified atom stereocenters. The lowest BCUT2D eigenvalue weighted by Gasteiger charge is -2.06. The Labute approximate surface area is 182 Å². The maximum Gasteiger partial charge on any atom is 0.283 e. The summed E-state index contributed by atoms with van der Waals surface area (Å²) in [6, 6.07) is 11.3. The van der Waals surface area contributed by atoms with Crippen LogP contribution in [0.25, 0.3) is 6.08 Å². The summed E-state index contributed by atoms with van der Waals surface area (Å²) >= 11 is 1.08. The first kappa shape index (κ1) is 21.6. The van der Waals surface area contributed by atoms with Gasteiger partial charge in [0.1, 0.15) is 11.6 Å². The Morgan fingerprint density at radius 3 is 2.58 bits per heavy atom. The van der Waals surface area contributed by atoms with Crippen molar-refractivity contribution in [3.05, 3.63) is 81.4 Å². The molecule has 10 heteroatoms. The molecule has 154 valence electrons. The van der Waals surface area contributed by atoms with Gasteiger partial charge in [-0.15, -0.1) is 0 Å². The third kappa shape index (κ3) is 5.71. The molecule has 9 nitrogen and oxygen atoms in total. The molecule has 0 radical (unpaired) electrons. The Morgan fingerprint density at radius 1 is 1.23 bits per heavy atom. The van der Waals surface area contributed by atoms with Crippen LogP contribution < -0.4 is 5.32 Å². The summed E-state index contributed by atoms with van der Waals surface area (Å²) in [6.45, 7) is 3.64. The number of nitrogens with one attached hydrogen (secondary N) is 1. The van der Waals surface area contributed by atoms with E-state index in [-0.39, 0.29) is 11.3 Å². The average Bonchev–Trinajstić information content (AvgIpc) is 2.72. The largest absolute Gasteiger partial charge is 0.320 e. The van der Waals surface area contributed by atoms with Crippen LogP contribution in [-0.2, 0) is 4.79 Å². The average molecular weight is 432 g/mol. The standard InChI is InChI=1S/C21H16N6O3S/c1-13-8-14(2)25-21(24-13)31-19-6-5-15(10-18(19)27(29)30)9-16(11-22)20(28)26-17-4-3-7-23-12-17/h3-10,12H,1-2H3,(H,26,28)/b16-9+. The number of hydrogen-bond acceptors (Lipinski definition) is 8. The Kier molecular flexibility index (Phi) is 6.69. The Bertz CT molecular complexity index is 1200. The van der Waals surface area contributed by atoms with Gasteiger partial charge in [0.2, 0.25) is 0 Å². The Hall–Kier alpha value is -4.10. The van der Waals surface area contributed by atoms with Gasteiger partial charge in [0.05, 0.1) is 21.7 Å². The van der Waals surface area contributed by atoms with E-state index in [0.717, 1.165) is 23.1 Å². The molecule has 2 aromatic heterocycles. The zero-order valence-corrected chi connectivity index (χ0v) is 17.4. The maximum atomic E-state index is 12.4. The first-order valence-corrected chi connectivity index (χ1v) is 9.79. The van der Waals surface area contributed by atoms with Crippen LogP contribution >= 0.6 is 11.8 Å². The number of aromatic nitrogens is 3. The number of nitro groups is 1. The van der Waals surface area contributed by atoms with Crippen LogP contribution in [0, 0.1) is 35.3 Å². The second-order valence-corrected chi connectivity index (χ2v) is 7.39. The molecule has 0 bridgehead atoms. The summed E-state index contributed by atoms with van der Waals surface area (Å²) in [7, 11) is 0. The minimum Gasteiger partial charge on any atom is -0.320 e. The molecule has 0 aliphatic heterocycles. The van der Waals surface area contributed by atoms with Gasteiger partial charge in [0.15, 0.2) is 5.16 Å². The molecule has 0 spiro atoms. The van der Waals surface area contributed by atoms with E-state index in [4.69, 9.17) is 0 Å². The molecule has 0 fully saturated rings. The number of amides is 1. The molecule has 3 rings (SSSR count). The first-order valence-electron chi connectivity index (χ1n) is 8.97. The third-order valence-corrected chi connectivity index (χ3v) is 4.87. The van der Waals surface area contributed by atoms with E-state index in [2.05, 4.69) is 20.3 Å². The van der Waals surface area contributed by atoms with E-state index in [1.54, 1.807) is 30.5 Å². The zero-order chi connectivity index (χ0) is 22.4. The number of nitrogens with zero attached hydrogens (tertiary/aromatic N) is 5. The van der Waals surface area contributed by atoms with Crippen LogP contribution in [0.5, 0.6) is 0 Å². The summed E-state index contributed by atoms with van der Waals surface area (Å²) in [4.78, 5) is 36.3. The van der Waals surface area contributed by atoms with Gasteiger partial charge in [-0.25, -0.2) is 9.97 Å². The van der Waals surface area contributed by atoms with Crippen molar-refractivity contribution in [3.8, 4) is 6.07 Å². The Balaban J connectivity index is 1.89. The third-order valence-electron chi connectivity index (χ3n) is 3.94. The van der Waals surface area contributed by atoms with Gasteiger partial charge < -0.3 is 5.32 Å². The van der Waals surface area contributed by atoms with Crippen molar-refractivity contribution in [2.75, 3.05) is 5.32 Å². The van der Waals surface area contributed by atoms with Gasteiger partial charge in [-0.2, -0.15) is 5.26 Å². The number of carbonyl (C=O) groups is 1. The number of nitro benzene ring substituents is 1. The van der Waals surface area contributed by atoms with Crippen molar-refractivity contribution in [1.82, 2.24) is 15.0 Å². The fraction of sp³-hybridized carbons (Fsp3) is 0.0952. The Morgan fingerprint density at radius 2 is 1.97 bits per heavy atom. The van der Waals surface area contributed by atoms with Gasteiger partial charge in [-0.05, 0) is 61.5 Å². The van der Waals surface area contributed by atoms with Crippen molar-refractivity contribution in [1.29, 1.82) is 5.26 Å². The molecule has 2 heterocycles. The summed E-state index contributed by atoms with van der Waals surface area (Å²) in [5.74, 6) is -0.639. The topological polar surface area (TPSA) is 135 Å². The monoisotopic (exact) mass is 432 g/mol. The summed E-state index contributed by atoms with van der Waals surface area (Å²) in [5, 5.41) is 23.9. The molecule has 1 aromatic carbocycles. The molecule has 0 saturated heterocycles. The number of anilines is 1. The van der Waals surface area contributed by atoms with Gasteiger partial charge in [-0.1, -0.05) is 6.07 Å². The first-order chi connectivity index (χ1) is 14.9. The highest BCUT2D eigenvalue weighted by Gasteiger charge is 2.18. The lowest BCUT2D eigenvalue weighted by atomic mass is 10.1. The fourth-order valence-corrected chi connectivity index (χ4v) is 3.59. The van der Waals surface area contributed by atoms with Crippen molar-refractivity contribution < 1.29 is 9.72 Å². The number of pyridine rings is 1. The van der Waals surface area contributed by atoms with Crippen molar-refractivity contribution in [3.63, 3.8) is 0 Å². The van der Waals surface area contributed by atoms with Crippen LogP contribution in [-0.4, -0.2) is 25.8 Å². The second-order valence-electron chi connectivity index (χ2n) is 6.39. The smallest absolute Gasteiger partial charge is 0.283 e. The van der Waals surface area contributed by atoms with Crippen LogP contribution in [0.3, 0.4) is 0 Å². The van der Waals surface area contributed by atoms with Gasteiger partial charge in [0.25, 0.3) is 11.6 Å². The number of nitriles is 1. The normalized spacial score (nSPS) is 10.9. The van der Waals surface area contributed by atoms with E-state index in [0.29, 0.717) is 21.3 Å². The van der Waals surface area contributed by atoms with E-state index in [9.17, 15) is 20.2 Å². The summed E-state index contributed by atoms with van der Waals surface area (Å²) in [5.41, 5.74) is 1.92. The van der Waals surface area contributed by atoms with Crippen LogP contribution in [0.2, 0.25) is 0 Å². The predicted octanol–water partition coefficient (Wildman–Crippen LogP) is 4.09. The summed E-state index contributed by atoms with van der Waals surface area (Å²) in [6.07, 6.45) is 4.29. The van der Waals surface area contributed by atoms with E-state index in [1.807, 2.05) is 26.0 Å². The van der Waals surface area contributed by atoms with E-state index < -0.39 is 10.8 Å². The van der Waals surface area contributed by atoms with Crippen LogP contribution in [0.15, 0.2) is 64.4 Å².